The second kappa shape index (κ2) is 7.76. The van der Waals surface area contributed by atoms with Crippen molar-refractivity contribution >= 4 is 5.78 Å². The number of hydrogen-bond donors (Lipinski definition) is 0. The van der Waals surface area contributed by atoms with Gasteiger partial charge in [-0.2, -0.15) is 0 Å². The fourth-order valence-electron chi connectivity index (χ4n) is 3.67. The lowest BCUT2D eigenvalue weighted by Gasteiger charge is -2.16. The Morgan fingerprint density at radius 2 is 2.04 bits per heavy atom. The number of pyridine rings is 1. The lowest BCUT2D eigenvalue weighted by atomic mass is 9.97. The van der Waals surface area contributed by atoms with E-state index >= 15 is 0 Å². The van der Waals surface area contributed by atoms with Crippen molar-refractivity contribution in [2.45, 2.75) is 25.8 Å². The topological polar surface area (TPSA) is 59.0 Å². The van der Waals surface area contributed by atoms with Crippen LogP contribution in [0.2, 0.25) is 0 Å². The minimum Gasteiger partial charge on any atom is -0.298 e. The Labute approximate surface area is 159 Å². The SMILES string of the molecule is CC(=O)c1cccc(-c2cc(C3CCN(Cc4cncnc4)C3)ccn2)c1. The largest absolute Gasteiger partial charge is 0.298 e. The number of nitrogens with zero attached hydrogens (tertiary/aromatic N) is 4. The van der Waals surface area contributed by atoms with Crippen molar-refractivity contribution in [1.82, 2.24) is 19.9 Å². The van der Waals surface area contributed by atoms with E-state index in [1.54, 1.807) is 13.3 Å². The average molecular weight is 358 g/mol. The van der Waals surface area contributed by atoms with Crippen LogP contribution in [0, 0.1) is 0 Å². The Kier molecular flexibility index (Phi) is 5.03. The van der Waals surface area contributed by atoms with E-state index in [4.69, 9.17) is 0 Å². The fourth-order valence-corrected chi connectivity index (χ4v) is 3.67. The standard InChI is InChI=1S/C22H22N4O/c1-16(27)18-3-2-4-20(9-18)22-10-19(5-7-25-22)21-6-8-26(14-21)13-17-11-23-15-24-12-17/h2-5,7,9-12,15,21H,6,8,13-14H2,1H3. The minimum atomic E-state index is 0.0735. The molecule has 5 heteroatoms. The van der Waals surface area contributed by atoms with Gasteiger partial charge in [0.1, 0.15) is 6.33 Å². The van der Waals surface area contributed by atoms with Crippen LogP contribution in [0.3, 0.4) is 0 Å². The van der Waals surface area contributed by atoms with Crippen LogP contribution in [0.1, 0.15) is 40.7 Å². The third-order valence-corrected chi connectivity index (χ3v) is 5.11. The van der Waals surface area contributed by atoms with E-state index in [1.807, 2.05) is 42.9 Å². The first-order chi connectivity index (χ1) is 13.2. The van der Waals surface area contributed by atoms with Crippen LogP contribution >= 0.6 is 0 Å². The van der Waals surface area contributed by atoms with Crippen molar-refractivity contribution in [2.75, 3.05) is 13.1 Å². The first-order valence-corrected chi connectivity index (χ1v) is 9.22. The average Bonchev–Trinajstić information content (AvgIpc) is 3.17. The predicted octanol–water partition coefficient (Wildman–Crippen LogP) is 3.73. The molecule has 3 heterocycles. The maximum atomic E-state index is 11.7. The molecule has 1 unspecified atom stereocenters. The smallest absolute Gasteiger partial charge is 0.159 e. The van der Waals surface area contributed by atoms with E-state index < -0.39 is 0 Å². The first-order valence-electron chi connectivity index (χ1n) is 9.22. The van der Waals surface area contributed by atoms with Crippen molar-refractivity contribution in [3.05, 3.63) is 78.0 Å². The highest BCUT2D eigenvalue weighted by atomic mass is 16.1. The molecule has 1 aliphatic rings. The zero-order chi connectivity index (χ0) is 18.6. The molecule has 136 valence electrons. The summed E-state index contributed by atoms with van der Waals surface area (Å²) in [5, 5.41) is 0. The molecule has 27 heavy (non-hydrogen) atoms. The summed E-state index contributed by atoms with van der Waals surface area (Å²) in [6.45, 7) is 4.56. The molecule has 0 amide bonds. The van der Waals surface area contributed by atoms with Gasteiger partial charge in [0.15, 0.2) is 5.78 Å². The summed E-state index contributed by atoms with van der Waals surface area (Å²) < 4.78 is 0. The summed E-state index contributed by atoms with van der Waals surface area (Å²) in [7, 11) is 0. The van der Waals surface area contributed by atoms with Gasteiger partial charge in [0, 0.05) is 48.4 Å². The number of aromatic nitrogens is 3. The number of ketones is 1. The Hall–Kier alpha value is -2.92. The number of rotatable bonds is 5. The lowest BCUT2D eigenvalue weighted by molar-refractivity contribution is 0.101. The van der Waals surface area contributed by atoms with Crippen LogP contribution in [-0.2, 0) is 6.54 Å². The van der Waals surface area contributed by atoms with E-state index in [9.17, 15) is 4.79 Å². The van der Waals surface area contributed by atoms with Gasteiger partial charge in [-0.05, 0) is 49.6 Å². The Morgan fingerprint density at radius 3 is 2.85 bits per heavy atom. The molecule has 4 rings (SSSR count). The fraction of sp³-hybridized carbons (Fsp3) is 0.273. The lowest BCUT2D eigenvalue weighted by Crippen LogP contribution is -2.20. The molecule has 5 nitrogen and oxygen atoms in total. The minimum absolute atomic E-state index is 0.0735. The van der Waals surface area contributed by atoms with Gasteiger partial charge in [-0.25, -0.2) is 9.97 Å². The number of carbonyl (C=O) groups is 1. The molecule has 0 spiro atoms. The summed E-state index contributed by atoms with van der Waals surface area (Å²) in [4.78, 5) is 26.8. The molecule has 1 aliphatic heterocycles. The molecule has 0 aliphatic carbocycles. The molecule has 1 atom stereocenters. The molecule has 1 aromatic carbocycles. The second-order valence-corrected chi connectivity index (χ2v) is 7.08. The normalized spacial score (nSPS) is 17.1. The van der Waals surface area contributed by atoms with Gasteiger partial charge in [0.05, 0.1) is 5.69 Å². The van der Waals surface area contributed by atoms with E-state index in [1.165, 1.54) is 5.56 Å². The van der Waals surface area contributed by atoms with Gasteiger partial charge in [-0.15, -0.1) is 0 Å². The van der Waals surface area contributed by atoms with Gasteiger partial charge < -0.3 is 0 Å². The highest BCUT2D eigenvalue weighted by molar-refractivity contribution is 5.95. The van der Waals surface area contributed by atoms with Crippen LogP contribution in [0.25, 0.3) is 11.3 Å². The summed E-state index contributed by atoms with van der Waals surface area (Å²) in [5.74, 6) is 0.566. The molecule has 0 saturated carbocycles. The van der Waals surface area contributed by atoms with E-state index in [0.717, 1.165) is 48.4 Å². The number of likely N-dealkylation sites (tertiary alicyclic amines) is 1. The third kappa shape index (κ3) is 4.09. The van der Waals surface area contributed by atoms with E-state index in [2.05, 4.69) is 32.0 Å². The number of carbonyl (C=O) groups excluding carboxylic acids is 1. The van der Waals surface area contributed by atoms with E-state index in [0.29, 0.717) is 5.92 Å². The maximum Gasteiger partial charge on any atom is 0.159 e. The zero-order valence-electron chi connectivity index (χ0n) is 15.4. The quantitative estimate of drug-likeness (QED) is 0.651. The van der Waals surface area contributed by atoms with Crippen molar-refractivity contribution in [3.63, 3.8) is 0 Å². The van der Waals surface area contributed by atoms with Crippen molar-refractivity contribution in [3.8, 4) is 11.3 Å². The molecule has 2 aromatic heterocycles. The molecule has 1 saturated heterocycles. The number of benzene rings is 1. The van der Waals surface area contributed by atoms with Gasteiger partial charge >= 0.3 is 0 Å². The van der Waals surface area contributed by atoms with Crippen LogP contribution in [0.5, 0.6) is 0 Å². The molecule has 0 radical (unpaired) electrons. The first kappa shape index (κ1) is 17.5. The highest BCUT2D eigenvalue weighted by Gasteiger charge is 2.24. The molecule has 0 bridgehead atoms. The van der Waals surface area contributed by atoms with Gasteiger partial charge in [0.25, 0.3) is 0 Å². The van der Waals surface area contributed by atoms with Gasteiger partial charge in [-0.1, -0.05) is 18.2 Å². The predicted molar refractivity (Wildman–Crippen MR) is 104 cm³/mol. The van der Waals surface area contributed by atoms with Gasteiger partial charge in [-0.3, -0.25) is 14.7 Å². The molecular formula is C22H22N4O. The Morgan fingerprint density at radius 1 is 1.19 bits per heavy atom. The van der Waals surface area contributed by atoms with E-state index in [-0.39, 0.29) is 5.78 Å². The maximum absolute atomic E-state index is 11.7. The second-order valence-electron chi connectivity index (χ2n) is 7.08. The molecular weight excluding hydrogens is 336 g/mol. The molecule has 3 aromatic rings. The van der Waals surface area contributed by atoms with Crippen molar-refractivity contribution in [2.24, 2.45) is 0 Å². The molecule has 0 N–H and O–H groups in total. The summed E-state index contributed by atoms with van der Waals surface area (Å²) >= 11 is 0. The Balaban J connectivity index is 1.50. The van der Waals surface area contributed by atoms with Crippen molar-refractivity contribution in [1.29, 1.82) is 0 Å². The summed E-state index contributed by atoms with van der Waals surface area (Å²) in [6.07, 6.45) is 8.33. The van der Waals surface area contributed by atoms with Gasteiger partial charge in [0.2, 0.25) is 0 Å². The van der Waals surface area contributed by atoms with Crippen LogP contribution in [0.15, 0.2) is 61.3 Å². The highest BCUT2D eigenvalue weighted by Crippen LogP contribution is 2.30. The zero-order valence-corrected chi connectivity index (χ0v) is 15.4. The van der Waals surface area contributed by atoms with Crippen LogP contribution in [-0.4, -0.2) is 38.7 Å². The summed E-state index contributed by atoms with van der Waals surface area (Å²) in [5.41, 5.74) is 5.08. The number of Topliss-reactive ketones (excluding diaryl/α,β-unsaturated/α-hetero) is 1. The number of hydrogen-bond acceptors (Lipinski definition) is 5. The summed E-state index contributed by atoms with van der Waals surface area (Å²) in [6, 6.07) is 12.0. The van der Waals surface area contributed by atoms with Crippen LogP contribution in [0.4, 0.5) is 0 Å². The van der Waals surface area contributed by atoms with Crippen LogP contribution < -0.4 is 0 Å². The molecule has 1 fully saturated rings. The monoisotopic (exact) mass is 358 g/mol. The van der Waals surface area contributed by atoms with Crippen molar-refractivity contribution < 1.29 is 4.79 Å². The third-order valence-electron chi connectivity index (χ3n) is 5.11. The Bertz CT molecular complexity index is 942.